The molecule has 0 heterocycles. The lowest BCUT2D eigenvalue weighted by Crippen LogP contribution is -1.85. The van der Waals surface area contributed by atoms with Crippen molar-refractivity contribution in [2.75, 3.05) is 0 Å². The van der Waals surface area contributed by atoms with E-state index in [2.05, 4.69) is 114 Å². The first kappa shape index (κ1) is 15.4. The summed E-state index contributed by atoms with van der Waals surface area (Å²) in [4.78, 5) is 0. The summed E-state index contributed by atoms with van der Waals surface area (Å²) in [5.74, 6) is 0. The molecule has 4 aromatic rings. The standard InChI is InChI=1S/C23H17I/c1-16-8-10-17(11-9-16)20-4-2-7-23-21(5-3-6-22(20)23)18-12-14-19(24)15-13-18/h2-15H,1H3. The summed E-state index contributed by atoms with van der Waals surface area (Å²) in [5.41, 5.74) is 6.41. The second-order valence-electron chi connectivity index (χ2n) is 6.08. The van der Waals surface area contributed by atoms with Gasteiger partial charge in [0.2, 0.25) is 0 Å². The third kappa shape index (κ3) is 2.84. The summed E-state index contributed by atoms with van der Waals surface area (Å²) < 4.78 is 1.26. The number of aryl methyl sites for hydroxylation is 1. The molecule has 0 nitrogen and oxygen atoms in total. The van der Waals surface area contributed by atoms with Gasteiger partial charge in [-0.15, -0.1) is 0 Å². The maximum atomic E-state index is 2.35. The molecule has 0 spiro atoms. The minimum Gasteiger partial charge on any atom is -0.0610 e. The van der Waals surface area contributed by atoms with Gasteiger partial charge in [-0.3, -0.25) is 0 Å². The predicted octanol–water partition coefficient (Wildman–Crippen LogP) is 7.09. The van der Waals surface area contributed by atoms with E-state index in [1.54, 1.807) is 0 Å². The van der Waals surface area contributed by atoms with E-state index in [1.807, 2.05) is 0 Å². The Morgan fingerprint density at radius 1 is 0.542 bits per heavy atom. The number of fused-ring (bicyclic) bond motifs is 1. The Bertz CT molecular complexity index is 912. The summed E-state index contributed by atoms with van der Waals surface area (Å²) >= 11 is 2.35. The van der Waals surface area contributed by atoms with Gasteiger partial charge in [0.05, 0.1) is 0 Å². The van der Waals surface area contributed by atoms with E-state index in [-0.39, 0.29) is 0 Å². The van der Waals surface area contributed by atoms with Crippen molar-refractivity contribution in [2.24, 2.45) is 0 Å². The van der Waals surface area contributed by atoms with E-state index >= 15 is 0 Å². The van der Waals surface area contributed by atoms with Crippen LogP contribution in [0.3, 0.4) is 0 Å². The smallest absolute Gasteiger partial charge is 0.0130 e. The molecule has 0 aliphatic rings. The van der Waals surface area contributed by atoms with Crippen LogP contribution in [0.25, 0.3) is 33.0 Å². The first-order valence-corrected chi connectivity index (χ1v) is 9.15. The molecule has 4 aromatic carbocycles. The summed E-state index contributed by atoms with van der Waals surface area (Å²) in [6.45, 7) is 2.13. The fourth-order valence-corrected chi connectivity index (χ4v) is 3.54. The molecule has 0 aliphatic carbocycles. The predicted molar refractivity (Wildman–Crippen MR) is 112 cm³/mol. The van der Waals surface area contributed by atoms with Gasteiger partial charge in [-0.1, -0.05) is 78.4 Å². The van der Waals surface area contributed by atoms with Gasteiger partial charge in [-0.25, -0.2) is 0 Å². The van der Waals surface area contributed by atoms with Gasteiger partial charge < -0.3 is 0 Å². The molecule has 0 fully saturated rings. The average Bonchev–Trinajstić information content (AvgIpc) is 2.62. The monoisotopic (exact) mass is 420 g/mol. The molecule has 0 unspecified atom stereocenters. The lowest BCUT2D eigenvalue weighted by Gasteiger charge is -2.11. The molecule has 0 saturated carbocycles. The first-order chi connectivity index (χ1) is 11.7. The van der Waals surface area contributed by atoms with Crippen molar-refractivity contribution >= 4 is 33.4 Å². The topological polar surface area (TPSA) is 0 Å². The van der Waals surface area contributed by atoms with Crippen molar-refractivity contribution in [1.82, 2.24) is 0 Å². The van der Waals surface area contributed by atoms with Crippen LogP contribution in [0.2, 0.25) is 0 Å². The highest BCUT2D eigenvalue weighted by atomic mass is 127. The molecular formula is C23H17I. The van der Waals surface area contributed by atoms with Crippen molar-refractivity contribution in [1.29, 1.82) is 0 Å². The number of rotatable bonds is 2. The van der Waals surface area contributed by atoms with Crippen molar-refractivity contribution in [3.05, 3.63) is 94.1 Å². The quantitative estimate of drug-likeness (QED) is 0.304. The molecule has 0 aromatic heterocycles. The molecule has 0 aliphatic heterocycles. The molecule has 0 atom stereocenters. The molecule has 24 heavy (non-hydrogen) atoms. The van der Waals surface area contributed by atoms with E-state index in [9.17, 15) is 0 Å². The minimum absolute atomic E-state index is 1.26. The van der Waals surface area contributed by atoms with Crippen LogP contribution >= 0.6 is 22.6 Å². The second kappa shape index (κ2) is 6.40. The van der Waals surface area contributed by atoms with E-state index in [4.69, 9.17) is 0 Å². The van der Waals surface area contributed by atoms with Crippen LogP contribution in [0.15, 0.2) is 84.9 Å². The molecule has 0 radical (unpaired) electrons. The highest BCUT2D eigenvalue weighted by Gasteiger charge is 2.08. The van der Waals surface area contributed by atoms with Crippen LogP contribution in [0.4, 0.5) is 0 Å². The lowest BCUT2D eigenvalue weighted by atomic mass is 9.93. The van der Waals surface area contributed by atoms with Crippen molar-refractivity contribution in [3.8, 4) is 22.3 Å². The fraction of sp³-hybridized carbons (Fsp3) is 0.0435. The number of benzene rings is 4. The maximum Gasteiger partial charge on any atom is 0.0130 e. The zero-order valence-electron chi connectivity index (χ0n) is 13.5. The molecule has 1 heteroatoms. The highest BCUT2D eigenvalue weighted by molar-refractivity contribution is 14.1. The minimum atomic E-state index is 1.26. The van der Waals surface area contributed by atoms with Gasteiger partial charge in [0.15, 0.2) is 0 Å². The first-order valence-electron chi connectivity index (χ1n) is 8.07. The van der Waals surface area contributed by atoms with E-state index in [0.717, 1.165) is 0 Å². The fourth-order valence-electron chi connectivity index (χ4n) is 3.18. The number of halogens is 1. The lowest BCUT2D eigenvalue weighted by molar-refractivity contribution is 1.47. The molecular weight excluding hydrogens is 403 g/mol. The summed E-state index contributed by atoms with van der Waals surface area (Å²) in [5, 5.41) is 2.61. The molecule has 4 rings (SSSR count). The Hall–Kier alpha value is -2.13. The van der Waals surface area contributed by atoms with Gasteiger partial charge in [0.1, 0.15) is 0 Å². The van der Waals surface area contributed by atoms with Crippen LogP contribution in [-0.4, -0.2) is 0 Å². The SMILES string of the molecule is Cc1ccc(-c2cccc3c(-c4ccc(I)cc4)cccc23)cc1. The van der Waals surface area contributed by atoms with Crippen molar-refractivity contribution in [2.45, 2.75) is 6.92 Å². The Labute approximate surface area is 156 Å². The van der Waals surface area contributed by atoms with Gasteiger partial charge >= 0.3 is 0 Å². The maximum absolute atomic E-state index is 2.35. The van der Waals surface area contributed by atoms with E-state index in [0.29, 0.717) is 0 Å². The molecule has 116 valence electrons. The molecule has 0 amide bonds. The number of hydrogen-bond acceptors (Lipinski definition) is 0. The average molecular weight is 420 g/mol. The molecule has 0 saturated heterocycles. The van der Waals surface area contributed by atoms with Crippen molar-refractivity contribution in [3.63, 3.8) is 0 Å². The van der Waals surface area contributed by atoms with Gasteiger partial charge in [0, 0.05) is 3.57 Å². The van der Waals surface area contributed by atoms with Gasteiger partial charge in [-0.05, 0) is 74.7 Å². The molecule has 0 N–H and O–H groups in total. The van der Waals surface area contributed by atoms with E-state index < -0.39 is 0 Å². The van der Waals surface area contributed by atoms with E-state index in [1.165, 1.54) is 42.2 Å². The highest BCUT2D eigenvalue weighted by Crippen LogP contribution is 2.34. The van der Waals surface area contributed by atoms with Gasteiger partial charge in [-0.2, -0.15) is 0 Å². The van der Waals surface area contributed by atoms with Crippen LogP contribution in [0.5, 0.6) is 0 Å². The zero-order chi connectivity index (χ0) is 16.5. The second-order valence-corrected chi connectivity index (χ2v) is 7.32. The Kier molecular flexibility index (Phi) is 4.11. The third-order valence-electron chi connectivity index (χ3n) is 4.44. The van der Waals surface area contributed by atoms with Crippen LogP contribution in [0, 0.1) is 10.5 Å². The Morgan fingerprint density at radius 2 is 1.00 bits per heavy atom. The van der Waals surface area contributed by atoms with Crippen LogP contribution in [-0.2, 0) is 0 Å². The van der Waals surface area contributed by atoms with Crippen LogP contribution in [0.1, 0.15) is 5.56 Å². The summed E-state index contributed by atoms with van der Waals surface area (Å²) in [6.07, 6.45) is 0. The largest absolute Gasteiger partial charge is 0.0610 e. The third-order valence-corrected chi connectivity index (χ3v) is 5.16. The Balaban J connectivity index is 1.94. The number of hydrogen-bond donors (Lipinski definition) is 0. The Morgan fingerprint density at radius 3 is 1.50 bits per heavy atom. The normalized spacial score (nSPS) is 10.9. The van der Waals surface area contributed by atoms with Crippen molar-refractivity contribution < 1.29 is 0 Å². The molecule has 0 bridgehead atoms. The van der Waals surface area contributed by atoms with Gasteiger partial charge in [0.25, 0.3) is 0 Å². The summed E-state index contributed by atoms with van der Waals surface area (Å²) in [6, 6.07) is 30.7. The zero-order valence-corrected chi connectivity index (χ0v) is 15.6. The summed E-state index contributed by atoms with van der Waals surface area (Å²) in [7, 11) is 0. The van der Waals surface area contributed by atoms with Crippen LogP contribution < -0.4 is 0 Å².